The van der Waals surface area contributed by atoms with Crippen LogP contribution in [0.1, 0.15) is 86.1 Å². The van der Waals surface area contributed by atoms with E-state index < -0.39 is 12.1 Å². The summed E-state index contributed by atoms with van der Waals surface area (Å²) < 4.78 is 23.5. The number of fused-ring (bicyclic) bond motifs is 3. The number of carbonyl (C=O) groups is 4. The van der Waals surface area contributed by atoms with Crippen LogP contribution in [0.5, 0.6) is 23.0 Å². The highest BCUT2D eigenvalue weighted by Crippen LogP contribution is 2.44. The SMILES string of the molecule is CC/C(=C\N1CC=Nc2cc(OCCCOc3cc4c(cc3OC)C(=O)N3C=C(C5CC5)C[C@H]3C=N4)c(OC)cc2C1=O)c1ccc(NC(=O)[C@H](C)NC(=O)[C@@H](N)C(C)C)cc1. The van der Waals surface area contributed by atoms with Crippen molar-refractivity contribution < 1.29 is 38.1 Å². The molecule has 3 atom stereocenters. The third-order valence-electron chi connectivity index (χ3n) is 11.4. The number of allylic oxidation sites excluding steroid dienone is 1. The zero-order valence-electron chi connectivity index (χ0n) is 36.1. The maximum Gasteiger partial charge on any atom is 0.260 e. The van der Waals surface area contributed by atoms with Gasteiger partial charge in [-0.3, -0.25) is 29.2 Å². The molecule has 1 fully saturated rings. The van der Waals surface area contributed by atoms with E-state index in [4.69, 9.17) is 24.7 Å². The fourth-order valence-electron chi connectivity index (χ4n) is 7.48. The van der Waals surface area contributed by atoms with Crippen LogP contribution in [0, 0.1) is 11.8 Å². The Morgan fingerprint density at radius 1 is 0.871 bits per heavy atom. The summed E-state index contributed by atoms with van der Waals surface area (Å²) in [4.78, 5) is 65.3. The number of hydrogen-bond donors (Lipinski definition) is 3. The molecule has 3 aromatic carbocycles. The minimum atomic E-state index is -0.776. The Morgan fingerprint density at radius 3 is 2.10 bits per heavy atom. The number of benzene rings is 3. The van der Waals surface area contributed by atoms with Gasteiger partial charge in [-0.15, -0.1) is 0 Å². The number of aliphatic imine (C=N–C) groups is 2. The first-order chi connectivity index (χ1) is 29.9. The van der Waals surface area contributed by atoms with E-state index in [1.54, 1.807) is 66.4 Å². The van der Waals surface area contributed by atoms with Gasteiger partial charge in [-0.1, -0.05) is 32.9 Å². The third kappa shape index (κ3) is 9.68. The number of rotatable bonds is 17. The van der Waals surface area contributed by atoms with Crippen molar-refractivity contribution in [3.8, 4) is 23.0 Å². The van der Waals surface area contributed by atoms with Crippen molar-refractivity contribution in [1.29, 1.82) is 0 Å². The maximum atomic E-state index is 14.0. The predicted molar refractivity (Wildman–Crippen MR) is 238 cm³/mol. The molecule has 1 aliphatic carbocycles. The summed E-state index contributed by atoms with van der Waals surface area (Å²) in [6.07, 6.45) is 11.7. The zero-order chi connectivity index (χ0) is 44.1. The summed E-state index contributed by atoms with van der Waals surface area (Å²) >= 11 is 0. The highest BCUT2D eigenvalue weighted by atomic mass is 16.5. The lowest BCUT2D eigenvalue weighted by Gasteiger charge is -2.20. The normalized spacial score (nSPS) is 17.9. The van der Waals surface area contributed by atoms with Crippen molar-refractivity contribution in [2.45, 2.75) is 77.9 Å². The second kappa shape index (κ2) is 19.1. The molecule has 0 spiro atoms. The van der Waals surface area contributed by atoms with Crippen LogP contribution in [-0.4, -0.2) is 98.0 Å². The molecule has 15 nitrogen and oxygen atoms in total. The molecule has 3 heterocycles. The molecule has 0 saturated heterocycles. The fourth-order valence-corrected chi connectivity index (χ4v) is 7.48. The number of ether oxygens (including phenoxy) is 4. The van der Waals surface area contributed by atoms with Gasteiger partial charge in [-0.05, 0) is 85.4 Å². The Bertz CT molecular complexity index is 2330. The summed E-state index contributed by atoms with van der Waals surface area (Å²) in [5.41, 5.74) is 11.4. The highest BCUT2D eigenvalue weighted by Gasteiger charge is 2.38. The molecule has 62 heavy (non-hydrogen) atoms. The Labute approximate surface area is 362 Å². The van der Waals surface area contributed by atoms with Crippen molar-refractivity contribution in [2.24, 2.45) is 27.6 Å². The molecule has 4 aliphatic rings. The van der Waals surface area contributed by atoms with Crippen LogP contribution in [0.2, 0.25) is 0 Å². The number of methoxy groups -OCH3 is 2. The van der Waals surface area contributed by atoms with Gasteiger partial charge >= 0.3 is 0 Å². The topological polar surface area (TPSA) is 186 Å². The Morgan fingerprint density at radius 2 is 1.50 bits per heavy atom. The summed E-state index contributed by atoms with van der Waals surface area (Å²) in [6.45, 7) is 8.11. The molecule has 7 rings (SSSR count). The van der Waals surface area contributed by atoms with Gasteiger partial charge in [0.2, 0.25) is 11.8 Å². The highest BCUT2D eigenvalue weighted by molar-refractivity contribution is 6.05. The second-order valence-corrected chi connectivity index (χ2v) is 16.2. The zero-order valence-corrected chi connectivity index (χ0v) is 36.1. The van der Waals surface area contributed by atoms with E-state index in [2.05, 4.69) is 20.6 Å². The lowest BCUT2D eigenvalue weighted by Crippen LogP contribution is -2.50. The monoisotopic (exact) mass is 845 g/mol. The van der Waals surface area contributed by atoms with Crippen LogP contribution in [0.15, 0.2) is 76.5 Å². The molecule has 326 valence electrons. The molecule has 0 radical (unpaired) electrons. The first-order valence-corrected chi connectivity index (χ1v) is 21.2. The van der Waals surface area contributed by atoms with Crippen LogP contribution in [0.3, 0.4) is 0 Å². The van der Waals surface area contributed by atoms with Crippen LogP contribution in [0.25, 0.3) is 5.57 Å². The van der Waals surface area contributed by atoms with Crippen LogP contribution in [0.4, 0.5) is 17.1 Å². The molecule has 1 saturated carbocycles. The van der Waals surface area contributed by atoms with Gasteiger partial charge in [0, 0.05) is 49.1 Å². The molecule has 3 aliphatic heterocycles. The average molecular weight is 846 g/mol. The van der Waals surface area contributed by atoms with E-state index in [1.165, 1.54) is 25.5 Å². The number of anilines is 1. The summed E-state index contributed by atoms with van der Waals surface area (Å²) in [5.74, 6) is 1.20. The van der Waals surface area contributed by atoms with Gasteiger partial charge in [-0.2, -0.15) is 0 Å². The number of hydrogen-bond acceptors (Lipinski definition) is 11. The van der Waals surface area contributed by atoms with E-state index in [0.717, 1.165) is 17.6 Å². The van der Waals surface area contributed by atoms with E-state index >= 15 is 0 Å². The van der Waals surface area contributed by atoms with Crippen LogP contribution in [-0.2, 0) is 9.59 Å². The average Bonchev–Trinajstić information content (AvgIpc) is 4.07. The summed E-state index contributed by atoms with van der Waals surface area (Å²) in [6, 6.07) is 12.5. The van der Waals surface area contributed by atoms with Gasteiger partial charge in [-0.25, -0.2) is 0 Å². The standard InChI is InChI=1S/C47H55N7O8/c1-7-29(30-11-13-33(14-12-30)52-44(55)28(4)51-45(56)43(48)27(2)3)25-53-16-15-49-37-22-41(39(59-5)20-35(37)46(53)57)61-17-8-18-62-42-23-38-36(21-40(42)60-6)47(58)54-26-32(31-9-10-31)19-34(54)24-50-38/h11-15,20-28,31,34,43H,7-10,16-19,48H2,1-6H3,(H,51,56)(H,52,55)/b29-25+/t28-,34-,43-/m0/s1. The Hall–Kier alpha value is -6.48. The molecule has 4 amide bonds. The molecule has 0 bridgehead atoms. The first kappa shape index (κ1) is 43.6. The Kier molecular flexibility index (Phi) is 13.4. The van der Waals surface area contributed by atoms with Crippen molar-refractivity contribution in [3.63, 3.8) is 0 Å². The third-order valence-corrected chi connectivity index (χ3v) is 11.4. The molecule has 0 unspecified atom stereocenters. The number of amides is 4. The van der Waals surface area contributed by atoms with Gasteiger partial charge < -0.3 is 45.1 Å². The van der Waals surface area contributed by atoms with Crippen molar-refractivity contribution >= 4 is 58.7 Å². The number of nitrogens with zero attached hydrogens (tertiary/aromatic N) is 4. The minimum absolute atomic E-state index is 0.0583. The predicted octanol–water partition coefficient (Wildman–Crippen LogP) is 6.81. The van der Waals surface area contributed by atoms with Gasteiger partial charge in [0.25, 0.3) is 11.8 Å². The largest absolute Gasteiger partial charge is 0.493 e. The smallest absolute Gasteiger partial charge is 0.260 e. The molecule has 4 N–H and O–H groups in total. The summed E-state index contributed by atoms with van der Waals surface area (Å²) in [5, 5.41) is 5.49. The fraction of sp³-hybridized carbons (Fsp3) is 0.404. The second-order valence-electron chi connectivity index (χ2n) is 16.2. The van der Waals surface area contributed by atoms with E-state index in [1.807, 2.05) is 51.5 Å². The minimum Gasteiger partial charge on any atom is -0.493 e. The van der Waals surface area contributed by atoms with Gasteiger partial charge in [0.1, 0.15) is 6.04 Å². The molecule has 0 aromatic heterocycles. The lowest BCUT2D eigenvalue weighted by molar-refractivity contribution is -0.127. The lowest BCUT2D eigenvalue weighted by atomic mass is 10.0. The first-order valence-electron chi connectivity index (χ1n) is 21.2. The summed E-state index contributed by atoms with van der Waals surface area (Å²) in [7, 11) is 3.06. The van der Waals surface area contributed by atoms with Crippen LogP contribution >= 0.6 is 0 Å². The molecular weight excluding hydrogens is 791 g/mol. The van der Waals surface area contributed by atoms with E-state index in [9.17, 15) is 19.2 Å². The van der Waals surface area contributed by atoms with Crippen molar-refractivity contribution in [3.05, 3.63) is 83.2 Å². The maximum absolute atomic E-state index is 14.0. The number of nitrogens with two attached hydrogens (primary N) is 1. The van der Waals surface area contributed by atoms with E-state index in [0.29, 0.717) is 76.6 Å². The molecule has 15 heteroatoms. The molecule has 3 aromatic rings. The Balaban J connectivity index is 0.951. The number of carbonyl (C=O) groups excluding carboxylic acids is 4. The van der Waals surface area contributed by atoms with Crippen LogP contribution < -0.4 is 35.3 Å². The van der Waals surface area contributed by atoms with Crippen molar-refractivity contribution in [1.82, 2.24) is 15.1 Å². The number of nitrogens with one attached hydrogen (secondary N) is 2. The van der Waals surface area contributed by atoms with E-state index in [-0.39, 0.29) is 48.7 Å². The quantitative estimate of drug-likeness (QED) is 0.123. The molecular formula is C47H55N7O8. The van der Waals surface area contributed by atoms with Gasteiger partial charge in [0.05, 0.1) is 68.6 Å². The van der Waals surface area contributed by atoms with Crippen molar-refractivity contribution in [2.75, 3.05) is 39.3 Å². The van der Waals surface area contributed by atoms with Gasteiger partial charge in [0.15, 0.2) is 23.0 Å².